The molecule has 6 heteroatoms. The van der Waals surface area contributed by atoms with Gasteiger partial charge in [0.2, 0.25) is 5.91 Å². The first-order valence-corrected chi connectivity index (χ1v) is 12.4. The lowest BCUT2D eigenvalue weighted by atomic mass is 9.81. The van der Waals surface area contributed by atoms with E-state index in [0.717, 1.165) is 64.3 Å². The predicted octanol–water partition coefficient (Wildman–Crippen LogP) is 4.77. The molecule has 4 rings (SSSR count). The molecule has 1 aliphatic heterocycles. The summed E-state index contributed by atoms with van der Waals surface area (Å²) >= 11 is 0. The molecule has 3 aliphatic rings. The summed E-state index contributed by atoms with van der Waals surface area (Å²) in [6.07, 6.45) is 8.47. The van der Waals surface area contributed by atoms with Crippen LogP contribution in [0, 0.1) is 17.7 Å². The van der Waals surface area contributed by atoms with Crippen LogP contribution in [0.5, 0.6) is 0 Å². The summed E-state index contributed by atoms with van der Waals surface area (Å²) in [6, 6.07) is 4.23. The molecule has 0 radical (unpaired) electrons. The van der Waals surface area contributed by atoms with Crippen molar-refractivity contribution in [2.24, 2.45) is 11.8 Å². The molecule has 1 heterocycles. The number of rotatable bonds is 7. The molecule has 1 aromatic carbocycles. The standard InChI is InChI=1S/C27H35FN2O3/c1-17(2)25(31)24(18-8-4-3-5-9-18)29-26(32)22-12-6-11-21(23(22)28)20-10-7-15-30(16-20)27(33)19-13-14-19/h6,11-12,18-20,24H,1,3-5,7-10,13-16H2,2H3,(H,29,32)/t20?,24-/m1/s1. The molecule has 33 heavy (non-hydrogen) atoms. The lowest BCUT2D eigenvalue weighted by molar-refractivity contribution is -0.133. The van der Waals surface area contributed by atoms with Crippen LogP contribution in [0.1, 0.15) is 86.6 Å². The molecule has 2 saturated carbocycles. The average Bonchev–Trinajstić information content (AvgIpc) is 3.68. The van der Waals surface area contributed by atoms with Crippen molar-refractivity contribution in [1.82, 2.24) is 10.2 Å². The van der Waals surface area contributed by atoms with Crippen LogP contribution in [0.3, 0.4) is 0 Å². The van der Waals surface area contributed by atoms with Crippen LogP contribution in [-0.4, -0.2) is 41.6 Å². The summed E-state index contributed by atoms with van der Waals surface area (Å²) in [6.45, 7) is 6.65. The van der Waals surface area contributed by atoms with Gasteiger partial charge in [-0.25, -0.2) is 4.39 Å². The maximum Gasteiger partial charge on any atom is 0.254 e. The minimum Gasteiger partial charge on any atom is -0.342 e. The molecule has 2 atom stereocenters. The smallest absolute Gasteiger partial charge is 0.254 e. The van der Waals surface area contributed by atoms with Gasteiger partial charge in [-0.15, -0.1) is 0 Å². The largest absolute Gasteiger partial charge is 0.342 e. The Morgan fingerprint density at radius 3 is 2.45 bits per heavy atom. The number of Topliss-reactive ketones (excluding diaryl/α,β-unsaturated/α-hetero) is 1. The monoisotopic (exact) mass is 454 g/mol. The third-order valence-electron chi connectivity index (χ3n) is 7.48. The van der Waals surface area contributed by atoms with Crippen molar-refractivity contribution in [3.05, 3.63) is 47.3 Å². The van der Waals surface area contributed by atoms with Crippen LogP contribution in [-0.2, 0) is 9.59 Å². The summed E-state index contributed by atoms with van der Waals surface area (Å²) in [5.41, 5.74) is 0.854. The van der Waals surface area contributed by atoms with Gasteiger partial charge in [-0.2, -0.15) is 0 Å². The van der Waals surface area contributed by atoms with Gasteiger partial charge in [0, 0.05) is 24.9 Å². The van der Waals surface area contributed by atoms with Crippen LogP contribution < -0.4 is 5.32 Å². The van der Waals surface area contributed by atoms with Crippen LogP contribution in [0.25, 0.3) is 0 Å². The highest BCUT2D eigenvalue weighted by Crippen LogP contribution is 2.35. The first kappa shape index (κ1) is 23.7. The summed E-state index contributed by atoms with van der Waals surface area (Å²) < 4.78 is 15.6. The molecule has 5 nitrogen and oxygen atoms in total. The van der Waals surface area contributed by atoms with Crippen molar-refractivity contribution in [3.63, 3.8) is 0 Å². The number of piperidine rings is 1. The fraction of sp³-hybridized carbons (Fsp3) is 0.593. The van der Waals surface area contributed by atoms with Crippen molar-refractivity contribution >= 4 is 17.6 Å². The summed E-state index contributed by atoms with van der Waals surface area (Å²) in [5, 5.41) is 2.85. The quantitative estimate of drug-likeness (QED) is 0.604. The Morgan fingerprint density at radius 2 is 1.79 bits per heavy atom. The molecular formula is C27H35FN2O3. The van der Waals surface area contributed by atoms with Gasteiger partial charge >= 0.3 is 0 Å². The van der Waals surface area contributed by atoms with Gasteiger partial charge in [-0.05, 0) is 68.6 Å². The highest BCUT2D eigenvalue weighted by Gasteiger charge is 2.37. The number of nitrogens with one attached hydrogen (secondary N) is 1. The Kier molecular flexibility index (Phi) is 7.30. The molecular weight excluding hydrogens is 419 g/mol. The Hall–Kier alpha value is -2.50. The zero-order valence-electron chi connectivity index (χ0n) is 19.6. The van der Waals surface area contributed by atoms with Gasteiger partial charge in [-0.1, -0.05) is 38.0 Å². The summed E-state index contributed by atoms with van der Waals surface area (Å²) in [7, 11) is 0. The topological polar surface area (TPSA) is 66.5 Å². The summed E-state index contributed by atoms with van der Waals surface area (Å²) in [5.74, 6) is -1.00. The SMILES string of the molecule is C=C(C)C(=O)[C@H](NC(=O)c1cccc(C2CCCN(C(=O)C3CC3)C2)c1F)C1CCCCC1. The fourth-order valence-corrected chi connectivity index (χ4v) is 5.41. The molecule has 178 valence electrons. The minimum absolute atomic E-state index is 0.0338. The number of likely N-dealkylation sites (tertiary alicyclic amines) is 1. The van der Waals surface area contributed by atoms with E-state index in [0.29, 0.717) is 17.7 Å². The number of hydrogen-bond donors (Lipinski definition) is 1. The Morgan fingerprint density at radius 1 is 1.06 bits per heavy atom. The number of benzene rings is 1. The van der Waals surface area contributed by atoms with Gasteiger partial charge in [0.1, 0.15) is 5.82 Å². The molecule has 1 N–H and O–H groups in total. The molecule has 1 aromatic rings. The first-order valence-electron chi connectivity index (χ1n) is 12.4. The molecule has 0 spiro atoms. The summed E-state index contributed by atoms with van der Waals surface area (Å²) in [4.78, 5) is 40.4. The van der Waals surface area contributed by atoms with E-state index in [4.69, 9.17) is 0 Å². The van der Waals surface area contributed by atoms with E-state index in [-0.39, 0.29) is 35.0 Å². The number of ketones is 1. The van der Waals surface area contributed by atoms with Crippen LogP contribution >= 0.6 is 0 Å². The van der Waals surface area contributed by atoms with E-state index >= 15 is 4.39 Å². The van der Waals surface area contributed by atoms with E-state index in [1.807, 2.05) is 4.90 Å². The highest BCUT2D eigenvalue weighted by atomic mass is 19.1. The maximum absolute atomic E-state index is 15.6. The van der Waals surface area contributed by atoms with Crippen molar-refractivity contribution in [2.75, 3.05) is 13.1 Å². The predicted molar refractivity (Wildman–Crippen MR) is 125 cm³/mol. The molecule has 0 aromatic heterocycles. The molecule has 2 amide bonds. The van der Waals surface area contributed by atoms with E-state index in [2.05, 4.69) is 11.9 Å². The van der Waals surface area contributed by atoms with Gasteiger partial charge in [0.05, 0.1) is 11.6 Å². The van der Waals surface area contributed by atoms with E-state index in [9.17, 15) is 14.4 Å². The zero-order chi connectivity index (χ0) is 23.5. The van der Waals surface area contributed by atoms with Crippen LogP contribution in [0.2, 0.25) is 0 Å². The van der Waals surface area contributed by atoms with Gasteiger partial charge in [0.15, 0.2) is 5.78 Å². The molecule has 3 fully saturated rings. The second-order valence-corrected chi connectivity index (χ2v) is 10.1. The number of carbonyl (C=O) groups excluding carboxylic acids is 3. The second kappa shape index (κ2) is 10.2. The van der Waals surface area contributed by atoms with Gasteiger partial charge in [0.25, 0.3) is 5.91 Å². The second-order valence-electron chi connectivity index (χ2n) is 10.1. The number of nitrogens with zero attached hydrogens (tertiary/aromatic N) is 1. The van der Waals surface area contributed by atoms with Crippen molar-refractivity contribution in [3.8, 4) is 0 Å². The number of carbonyl (C=O) groups is 3. The third kappa shape index (κ3) is 5.36. The van der Waals surface area contributed by atoms with Crippen molar-refractivity contribution in [1.29, 1.82) is 0 Å². The number of halogens is 1. The lowest BCUT2D eigenvalue weighted by Gasteiger charge is -2.33. The van der Waals surface area contributed by atoms with Crippen molar-refractivity contribution < 1.29 is 18.8 Å². The van der Waals surface area contributed by atoms with E-state index < -0.39 is 17.8 Å². The average molecular weight is 455 g/mol. The fourth-order valence-electron chi connectivity index (χ4n) is 5.41. The first-order chi connectivity index (χ1) is 15.9. The molecule has 2 aliphatic carbocycles. The lowest BCUT2D eigenvalue weighted by Crippen LogP contribution is -2.47. The normalized spacial score (nSPS) is 22.5. The molecule has 1 unspecified atom stereocenters. The van der Waals surface area contributed by atoms with E-state index in [1.54, 1.807) is 19.1 Å². The van der Waals surface area contributed by atoms with Crippen LogP contribution in [0.4, 0.5) is 4.39 Å². The van der Waals surface area contributed by atoms with Gasteiger partial charge < -0.3 is 10.2 Å². The number of amides is 2. The van der Waals surface area contributed by atoms with Crippen LogP contribution in [0.15, 0.2) is 30.4 Å². The molecule has 1 saturated heterocycles. The zero-order valence-corrected chi connectivity index (χ0v) is 19.6. The van der Waals surface area contributed by atoms with E-state index in [1.165, 1.54) is 6.07 Å². The highest BCUT2D eigenvalue weighted by molar-refractivity contribution is 6.03. The Balaban J connectivity index is 1.51. The maximum atomic E-state index is 15.6. The molecule has 0 bridgehead atoms. The Labute approximate surface area is 195 Å². The van der Waals surface area contributed by atoms with Gasteiger partial charge in [-0.3, -0.25) is 14.4 Å². The minimum atomic E-state index is -0.667. The van der Waals surface area contributed by atoms with Crippen molar-refractivity contribution in [2.45, 2.75) is 76.7 Å². The third-order valence-corrected chi connectivity index (χ3v) is 7.48. The Bertz CT molecular complexity index is 933. The number of hydrogen-bond acceptors (Lipinski definition) is 3.